The van der Waals surface area contributed by atoms with Gasteiger partial charge in [-0.15, -0.1) is 0 Å². The third kappa shape index (κ3) is 2.41. The molecule has 1 rings (SSSR count). The highest BCUT2D eigenvalue weighted by Gasteiger charge is 2.39. The van der Waals surface area contributed by atoms with Gasteiger partial charge in [0.15, 0.2) is 0 Å². The summed E-state index contributed by atoms with van der Waals surface area (Å²) in [7, 11) is 0. The summed E-state index contributed by atoms with van der Waals surface area (Å²) in [4.78, 5) is 33.8. The monoisotopic (exact) mass is 233 g/mol. The molecule has 0 bridgehead atoms. The molecule has 1 aliphatic heterocycles. The number of hydrogen-bond acceptors (Lipinski definition) is 4. The fourth-order valence-corrected chi connectivity index (χ4v) is 1.86. The Kier molecular flexibility index (Phi) is 3.57. The minimum atomic E-state index is -1.16. The second-order valence-electron chi connectivity index (χ2n) is 3.32. The molecule has 1 heterocycles. The SMILES string of the molecule is O=C(O)C1CC(=O)N(C(CS)C(=O)O)C1. The number of carboxylic acid groups (broad SMARTS) is 2. The zero-order chi connectivity index (χ0) is 11.6. The van der Waals surface area contributed by atoms with E-state index < -0.39 is 29.8 Å². The van der Waals surface area contributed by atoms with Gasteiger partial charge in [-0.25, -0.2) is 4.79 Å². The molecule has 7 heteroatoms. The van der Waals surface area contributed by atoms with Crippen LogP contribution in [-0.4, -0.2) is 51.3 Å². The van der Waals surface area contributed by atoms with Gasteiger partial charge in [-0.05, 0) is 0 Å². The maximum absolute atomic E-state index is 11.4. The van der Waals surface area contributed by atoms with Crippen LogP contribution in [0, 0.1) is 5.92 Å². The average Bonchev–Trinajstić information content (AvgIpc) is 2.49. The van der Waals surface area contributed by atoms with Gasteiger partial charge in [-0.1, -0.05) is 0 Å². The first-order chi connectivity index (χ1) is 6.97. The highest BCUT2D eigenvalue weighted by molar-refractivity contribution is 7.80. The van der Waals surface area contributed by atoms with Gasteiger partial charge >= 0.3 is 11.9 Å². The van der Waals surface area contributed by atoms with E-state index in [2.05, 4.69) is 12.6 Å². The summed E-state index contributed by atoms with van der Waals surface area (Å²) < 4.78 is 0. The number of carboxylic acids is 2. The molecule has 84 valence electrons. The molecule has 0 aromatic carbocycles. The summed E-state index contributed by atoms with van der Waals surface area (Å²) in [6.45, 7) is -0.0499. The Hall–Kier alpha value is -1.24. The summed E-state index contributed by atoms with van der Waals surface area (Å²) in [6, 6.07) is -1.04. The predicted molar refractivity (Wildman–Crippen MR) is 52.7 cm³/mol. The van der Waals surface area contributed by atoms with E-state index in [0.29, 0.717) is 0 Å². The van der Waals surface area contributed by atoms with Crippen LogP contribution >= 0.6 is 12.6 Å². The fourth-order valence-electron chi connectivity index (χ4n) is 1.51. The summed E-state index contributed by atoms with van der Waals surface area (Å²) in [5, 5.41) is 17.5. The second-order valence-corrected chi connectivity index (χ2v) is 3.69. The van der Waals surface area contributed by atoms with E-state index in [9.17, 15) is 14.4 Å². The highest BCUT2D eigenvalue weighted by Crippen LogP contribution is 2.21. The number of amides is 1. The second kappa shape index (κ2) is 4.52. The maximum Gasteiger partial charge on any atom is 0.327 e. The molecule has 0 aromatic heterocycles. The third-order valence-corrected chi connectivity index (χ3v) is 2.69. The van der Waals surface area contributed by atoms with Crippen molar-refractivity contribution in [2.45, 2.75) is 12.5 Å². The molecule has 1 saturated heterocycles. The normalized spacial score (nSPS) is 22.9. The summed E-state index contributed by atoms with van der Waals surface area (Å²) in [5.41, 5.74) is 0. The Morgan fingerprint density at radius 2 is 2.13 bits per heavy atom. The molecule has 0 aliphatic carbocycles. The van der Waals surface area contributed by atoms with Gasteiger partial charge in [0, 0.05) is 18.7 Å². The van der Waals surface area contributed by atoms with Crippen LogP contribution in [0.5, 0.6) is 0 Å². The van der Waals surface area contributed by atoms with Gasteiger partial charge in [-0.2, -0.15) is 12.6 Å². The van der Waals surface area contributed by atoms with Crippen LogP contribution in [0.25, 0.3) is 0 Å². The van der Waals surface area contributed by atoms with Crippen molar-refractivity contribution in [3.05, 3.63) is 0 Å². The molecule has 6 nitrogen and oxygen atoms in total. The Labute approximate surface area is 91.3 Å². The molecule has 2 atom stereocenters. The summed E-state index contributed by atoms with van der Waals surface area (Å²) in [6.07, 6.45) is -0.132. The van der Waals surface area contributed by atoms with Crippen LogP contribution in [0.3, 0.4) is 0 Å². The van der Waals surface area contributed by atoms with Crippen molar-refractivity contribution in [2.24, 2.45) is 5.92 Å². The van der Waals surface area contributed by atoms with E-state index in [1.54, 1.807) is 0 Å². The van der Waals surface area contributed by atoms with Crippen molar-refractivity contribution in [2.75, 3.05) is 12.3 Å². The highest BCUT2D eigenvalue weighted by atomic mass is 32.1. The molecule has 0 spiro atoms. The van der Waals surface area contributed by atoms with Gasteiger partial charge in [0.05, 0.1) is 5.92 Å². The molecule has 0 radical (unpaired) electrons. The number of carbonyl (C=O) groups excluding carboxylic acids is 1. The first-order valence-corrected chi connectivity index (χ1v) is 4.96. The Morgan fingerprint density at radius 1 is 1.53 bits per heavy atom. The number of carbonyl (C=O) groups is 3. The van der Waals surface area contributed by atoms with Crippen LogP contribution in [0.2, 0.25) is 0 Å². The summed E-state index contributed by atoms with van der Waals surface area (Å²) >= 11 is 3.83. The van der Waals surface area contributed by atoms with Gasteiger partial charge in [-0.3, -0.25) is 9.59 Å². The number of nitrogens with zero attached hydrogens (tertiary/aromatic N) is 1. The van der Waals surface area contributed by atoms with E-state index in [1.807, 2.05) is 0 Å². The van der Waals surface area contributed by atoms with Gasteiger partial charge in [0.25, 0.3) is 0 Å². The lowest BCUT2D eigenvalue weighted by atomic mass is 10.1. The van der Waals surface area contributed by atoms with E-state index in [0.717, 1.165) is 4.90 Å². The zero-order valence-electron chi connectivity index (χ0n) is 7.79. The Morgan fingerprint density at radius 3 is 2.47 bits per heavy atom. The number of aliphatic carboxylic acids is 2. The average molecular weight is 233 g/mol. The van der Waals surface area contributed by atoms with Crippen LogP contribution in [-0.2, 0) is 14.4 Å². The first kappa shape index (κ1) is 11.8. The fraction of sp³-hybridized carbons (Fsp3) is 0.625. The summed E-state index contributed by atoms with van der Waals surface area (Å²) in [5.74, 6) is -3.51. The van der Waals surface area contributed by atoms with Gasteiger partial charge in [0.2, 0.25) is 5.91 Å². The van der Waals surface area contributed by atoms with Crippen LogP contribution < -0.4 is 0 Å². The largest absolute Gasteiger partial charge is 0.481 e. The molecule has 1 fully saturated rings. The van der Waals surface area contributed by atoms with Crippen LogP contribution in [0.15, 0.2) is 0 Å². The maximum atomic E-state index is 11.4. The molecule has 1 aliphatic rings. The van der Waals surface area contributed by atoms with Crippen molar-refractivity contribution >= 4 is 30.5 Å². The lowest BCUT2D eigenvalue weighted by molar-refractivity contribution is -0.147. The number of rotatable bonds is 4. The molecule has 2 unspecified atom stereocenters. The zero-order valence-corrected chi connectivity index (χ0v) is 8.68. The van der Waals surface area contributed by atoms with Gasteiger partial charge in [0.1, 0.15) is 6.04 Å². The van der Waals surface area contributed by atoms with Crippen molar-refractivity contribution in [1.29, 1.82) is 0 Å². The van der Waals surface area contributed by atoms with Crippen LogP contribution in [0.4, 0.5) is 0 Å². The lowest BCUT2D eigenvalue weighted by Gasteiger charge is -2.22. The topological polar surface area (TPSA) is 94.9 Å². The Balaban J connectivity index is 2.75. The van der Waals surface area contributed by atoms with E-state index in [1.165, 1.54) is 0 Å². The van der Waals surface area contributed by atoms with Crippen molar-refractivity contribution < 1.29 is 24.6 Å². The number of thiol groups is 1. The molecule has 0 saturated carbocycles. The standard InChI is InChI=1S/C8H11NO5S/c10-6-1-4(7(11)12)2-9(6)5(3-15)8(13)14/h4-5,15H,1-3H2,(H,11,12)(H,13,14). The molecular formula is C8H11NO5S. The number of hydrogen-bond donors (Lipinski definition) is 3. The van der Waals surface area contributed by atoms with Crippen molar-refractivity contribution in [3.63, 3.8) is 0 Å². The minimum absolute atomic E-state index is 0.0204. The molecule has 1 amide bonds. The smallest absolute Gasteiger partial charge is 0.327 e. The van der Waals surface area contributed by atoms with Crippen molar-refractivity contribution in [3.8, 4) is 0 Å². The predicted octanol–water partition coefficient (Wildman–Crippen LogP) is -0.698. The molecule has 15 heavy (non-hydrogen) atoms. The lowest BCUT2D eigenvalue weighted by Crippen LogP contribution is -2.43. The molecule has 2 N–H and O–H groups in total. The minimum Gasteiger partial charge on any atom is -0.481 e. The third-order valence-electron chi connectivity index (χ3n) is 2.34. The quantitative estimate of drug-likeness (QED) is 0.558. The van der Waals surface area contributed by atoms with E-state index in [-0.39, 0.29) is 18.7 Å². The van der Waals surface area contributed by atoms with E-state index >= 15 is 0 Å². The van der Waals surface area contributed by atoms with Gasteiger partial charge < -0.3 is 15.1 Å². The Bertz CT molecular complexity index is 305. The molecule has 0 aromatic rings. The van der Waals surface area contributed by atoms with E-state index in [4.69, 9.17) is 10.2 Å². The van der Waals surface area contributed by atoms with Crippen LogP contribution in [0.1, 0.15) is 6.42 Å². The van der Waals surface area contributed by atoms with Crippen molar-refractivity contribution in [1.82, 2.24) is 4.90 Å². The number of likely N-dealkylation sites (tertiary alicyclic amines) is 1. The first-order valence-electron chi connectivity index (χ1n) is 4.33. The molecular weight excluding hydrogens is 222 g/mol.